The van der Waals surface area contributed by atoms with E-state index in [4.69, 9.17) is 16.3 Å². The van der Waals surface area contributed by atoms with Crippen LogP contribution < -0.4 is 15.8 Å². The number of rotatable bonds is 2. The van der Waals surface area contributed by atoms with Crippen molar-refractivity contribution in [2.24, 2.45) is 0 Å². The van der Waals surface area contributed by atoms with Crippen LogP contribution in [-0.2, 0) is 14.3 Å². The number of ether oxygens (including phenoxy) is 1. The fourth-order valence-corrected chi connectivity index (χ4v) is 2.22. The van der Waals surface area contributed by atoms with E-state index in [1.165, 1.54) is 18.2 Å². The van der Waals surface area contributed by atoms with E-state index in [1.807, 2.05) is 0 Å². The van der Waals surface area contributed by atoms with Crippen molar-refractivity contribution in [3.8, 4) is 0 Å². The highest BCUT2D eigenvalue weighted by molar-refractivity contribution is 6.35. The first kappa shape index (κ1) is 18.5. The minimum absolute atomic E-state index is 0.00786. The monoisotopic (exact) mass is 365 g/mol. The topological polar surface area (TPSA) is 105 Å². The van der Waals surface area contributed by atoms with Gasteiger partial charge in [0.1, 0.15) is 5.60 Å². The van der Waals surface area contributed by atoms with Gasteiger partial charge in [0.05, 0.1) is 16.3 Å². The highest BCUT2D eigenvalue weighted by Crippen LogP contribution is 2.25. The number of carbonyl (C=O) groups excluding carboxylic acids is 4. The second-order valence-corrected chi connectivity index (χ2v) is 6.50. The van der Waals surface area contributed by atoms with Gasteiger partial charge in [0.25, 0.3) is 17.7 Å². The number of nitrogens with one attached hydrogen (secondary N) is 2. The van der Waals surface area contributed by atoms with Crippen LogP contribution in [0.2, 0.25) is 5.02 Å². The van der Waals surface area contributed by atoms with Gasteiger partial charge in [-0.3, -0.25) is 19.8 Å². The number of nitrogens with zero attached hydrogens (tertiary/aromatic N) is 1. The Hall–Kier alpha value is -2.87. The van der Waals surface area contributed by atoms with Gasteiger partial charge in [-0.15, -0.1) is 0 Å². The Kier molecular flexibility index (Phi) is 5.13. The number of imide groups is 1. The van der Waals surface area contributed by atoms with Crippen LogP contribution in [0.4, 0.5) is 10.5 Å². The summed E-state index contributed by atoms with van der Waals surface area (Å²) >= 11 is 6.05. The first-order valence-corrected chi connectivity index (χ1v) is 7.61. The SMILES string of the molecule is CC(C)(C)OC(=O)NNC(=O)c1ccc(N2C(=O)C=CC2=O)cc1Cl. The van der Waals surface area contributed by atoms with E-state index in [0.717, 1.165) is 17.1 Å². The van der Waals surface area contributed by atoms with Gasteiger partial charge in [0.15, 0.2) is 0 Å². The lowest BCUT2D eigenvalue weighted by atomic mass is 10.2. The summed E-state index contributed by atoms with van der Waals surface area (Å²) in [4.78, 5) is 47.8. The first-order valence-electron chi connectivity index (χ1n) is 7.23. The Morgan fingerprint density at radius 1 is 1.08 bits per heavy atom. The summed E-state index contributed by atoms with van der Waals surface area (Å²) in [7, 11) is 0. The quantitative estimate of drug-likeness (QED) is 0.615. The van der Waals surface area contributed by atoms with Crippen molar-refractivity contribution in [3.63, 3.8) is 0 Å². The summed E-state index contributed by atoms with van der Waals surface area (Å²) in [6.07, 6.45) is 1.45. The van der Waals surface area contributed by atoms with Gasteiger partial charge < -0.3 is 4.74 Å². The average molecular weight is 366 g/mol. The maximum absolute atomic E-state index is 12.1. The third kappa shape index (κ3) is 4.57. The second kappa shape index (κ2) is 6.94. The Bertz CT molecular complexity index is 764. The average Bonchev–Trinajstić information content (AvgIpc) is 2.82. The lowest BCUT2D eigenvalue weighted by molar-refractivity contribution is -0.119. The Morgan fingerprint density at radius 2 is 1.68 bits per heavy atom. The van der Waals surface area contributed by atoms with Crippen molar-refractivity contribution in [1.82, 2.24) is 10.9 Å². The van der Waals surface area contributed by atoms with Gasteiger partial charge in [-0.25, -0.2) is 15.1 Å². The van der Waals surface area contributed by atoms with Gasteiger partial charge in [0.2, 0.25) is 0 Å². The molecule has 1 aromatic carbocycles. The molecule has 9 heteroatoms. The minimum atomic E-state index is -0.826. The number of hydrazine groups is 1. The van der Waals surface area contributed by atoms with Gasteiger partial charge in [-0.1, -0.05) is 11.6 Å². The maximum atomic E-state index is 12.1. The number of hydrogen-bond donors (Lipinski definition) is 2. The van der Waals surface area contributed by atoms with Gasteiger partial charge in [0, 0.05) is 12.2 Å². The molecule has 0 atom stereocenters. The molecule has 1 aliphatic rings. The molecule has 2 N–H and O–H groups in total. The zero-order valence-corrected chi connectivity index (χ0v) is 14.5. The largest absolute Gasteiger partial charge is 0.443 e. The molecule has 0 unspecified atom stereocenters. The van der Waals surface area contributed by atoms with Crippen LogP contribution in [0.15, 0.2) is 30.4 Å². The maximum Gasteiger partial charge on any atom is 0.426 e. The molecule has 0 bridgehead atoms. The number of amides is 4. The first-order chi connectivity index (χ1) is 11.6. The number of benzene rings is 1. The van der Waals surface area contributed by atoms with Crippen molar-refractivity contribution in [2.75, 3.05) is 4.90 Å². The summed E-state index contributed by atoms with van der Waals surface area (Å²) in [5.41, 5.74) is 3.84. The van der Waals surface area contributed by atoms with Crippen LogP contribution in [0.5, 0.6) is 0 Å². The Morgan fingerprint density at radius 3 is 2.20 bits per heavy atom. The molecule has 2 rings (SSSR count). The molecule has 132 valence electrons. The fourth-order valence-electron chi connectivity index (χ4n) is 1.96. The standard InChI is InChI=1S/C16H16ClN3O5/c1-16(2,3)25-15(24)19-18-14(23)10-5-4-9(8-11(10)17)20-12(21)6-7-13(20)22/h4-8H,1-3H3,(H,18,23)(H,19,24). The van der Waals surface area contributed by atoms with Crippen LogP contribution in [0.25, 0.3) is 0 Å². The number of carbonyl (C=O) groups is 4. The third-order valence-corrected chi connectivity index (χ3v) is 3.25. The Balaban J connectivity index is 2.05. The molecule has 1 aliphatic heterocycles. The van der Waals surface area contributed by atoms with Crippen LogP contribution in [0.3, 0.4) is 0 Å². The molecule has 8 nitrogen and oxygen atoms in total. The molecule has 0 aliphatic carbocycles. The van der Waals surface area contributed by atoms with E-state index in [2.05, 4.69) is 10.9 Å². The van der Waals surface area contributed by atoms with E-state index >= 15 is 0 Å². The molecule has 0 spiro atoms. The predicted octanol–water partition coefficient (Wildman–Crippen LogP) is 1.94. The van der Waals surface area contributed by atoms with Crippen molar-refractivity contribution in [1.29, 1.82) is 0 Å². The number of halogens is 1. The van der Waals surface area contributed by atoms with E-state index in [-0.39, 0.29) is 16.3 Å². The van der Waals surface area contributed by atoms with Crippen LogP contribution in [0, 0.1) is 0 Å². The van der Waals surface area contributed by atoms with E-state index in [1.54, 1.807) is 20.8 Å². The second-order valence-electron chi connectivity index (χ2n) is 6.09. The minimum Gasteiger partial charge on any atom is -0.443 e. The fraction of sp³-hybridized carbons (Fsp3) is 0.250. The van der Waals surface area contributed by atoms with Crippen LogP contribution >= 0.6 is 11.6 Å². The van der Waals surface area contributed by atoms with Crippen LogP contribution in [0.1, 0.15) is 31.1 Å². The van der Waals surface area contributed by atoms with Crippen LogP contribution in [-0.4, -0.2) is 29.4 Å². The number of hydrogen-bond acceptors (Lipinski definition) is 5. The summed E-state index contributed by atoms with van der Waals surface area (Å²) < 4.78 is 4.98. The summed E-state index contributed by atoms with van der Waals surface area (Å²) in [6, 6.07) is 4.05. The molecule has 0 saturated carbocycles. The lowest BCUT2D eigenvalue weighted by Crippen LogP contribution is -2.44. The van der Waals surface area contributed by atoms with Crippen molar-refractivity contribution < 1.29 is 23.9 Å². The third-order valence-electron chi connectivity index (χ3n) is 2.94. The number of anilines is 1. The molecule has 4 amide bonds. The molecule has 25 heavy (non-hydrogen) atoms. The molecule has 0 saturated heterocycles. The van der Waals surface area contributed by atoms with Crippen molar-refractivity contribution in [2.45, 2.75) is 26.4 Å². The smallest absolute Gasteiger partial charge is 0.426 e. The van der Waals surface area contributed by atoms with Gasteiger partial charge in [-0.05, 0) is 39.0 Å². The van der Waals surface area contributed by atoms with E-state index in [0.29, 0.717) is 0 Å². The molecule has 0 radical (unpaired) electrons. The molecule has 1 heterocycles. The van der Waals surface area contributed by atoms with Gasteiger partial charge >= 0.3 is 6.09 Å². The normalized spacial score (nSPS) is 13.8. The summed E-state index contributed by atoms with van der Waals surface area (Å²) in [5.74, 6) is -1.67. The molecule has 1 aromatic rings. The lowest BCUT2D eigenvalue weighted by Gasteiger charge is -2.20. The zero-order chi connectivity index (χ0) is 18.8. The molecule has 0 fully saturated rings. The van der Waals surface area contributed by atoms with E-state index in [9.17, 15) is 19.2 Å². The van der Waals surface area contributed by atoms with Crippen molar-refractivity contribution in [3.05, 3.63) is 40.9 Å². The highest BCUT2D eigenvalue weighted by atomic mass is 35.5. The highest BCUT2D eigenvalue weighted by Gasteiger charge is 2.26. The predicted molar refractivity (Wildman–Crippen MR) is 89.9 cm³/mol. The van der Waals surface area contributed by atoms with E-state index < -0.39 is 29.4 Å². The summed E-state index contributed by atoms with van der Waals surface area (Å²) in [6.45, 7) is 5.04. The van der Waals surface area contributed by atoms with Gasteiger partial charge in [-0.2, -0.15) is 0 Å². The molecule has 0 aromatic heterocycles. The summed E-state index contributed by atoms with van der Waals surface area (Å²) in [5, 5.41) is 0.00786. The molecular formula is C16H16ClN3O5. The zero-order valence-electron chi connectivity index (χ0n) is 13.8. The molecular weight excluding hydrogens is 350 g/mol. The Labute approximate surface area is 148 Å². The van der Waals surface area contributed by atoms with Crippen molar-refractivity contribution >= 4 is 41.1 Å².